The Morgan fingerprint density at radius 1 is 0.919 bits per heavy atom. The Kier molecular flexibility index (Phi) is 7.11. The standard InChI is InChI=1S/C28H18BrCl2N3O3/c29-24-17-6-2-1-5-16(17)14-33-26(24)19-11-10-15(25-18(19)7-4-12-32-25)13-22(28(36)37)34-27(35)23-20(30)8-3-9-21(23)31/h1-12,14,22H,13H2,(H,34,35)(H,36,37). The number of pyridine rings is 2. The Balaban J connectivity index is 1.53. The zero-order valence-corrected chi connectivity index (χ0v) is 22.2. The van der Waals surface area contributed by atoms with Crippen LogP contribution in [0, 0.1) is 0 Å². The molecule has 0 radical (unpaired) electrons. The van der Waals surface area contributed by atoms with E-state index < -0.39 is 17.9 Å². The van der Waals surface area contributed by atoms with E-state index in [1.807, 2.05) is 54.7 Å². The number of hydrogen-bond donors (Lipinski definition) is 2. The third-order valence-corrected chi connectivity index (χ3v) is 7.50. The van der Waals surface area contributed by atoms with Crippen LogP contribution in [0.5, 0.6) is 0 Å². The number of nitrogens with zero attached hydrogens (tertiary/aromatic N) is 2. The van der Waals surface area contributed by atoms with Crippen molar-refractivity contribution in [1.82, 2.24) is 15.3 Å². The molecule has 0 aliphatic carbocycles. The molecule has 37 heavy (non-hydrogen) atoms. The number of rotatable bonds is 6. The second-order valence-corrected chi connectivity index (χ2v) is 9.95. The van der Waals surface area contributed by atoms with Crippen LogP contribution in [-0.4, -0.2) is 33.0 Å². The molecule has 0 bridgehead atoms. The largest absolute Gasteiger partial charge is 0.480 e. The summed E-state index contributed by atoms with van der Waals surface area (Å²) in [5.41, 5.74) is 2.91. The van der Waals surface area contributed by atoms with Crippen molar-refractivity contribution in [3.05, 3.63) is 105 Å². The highest BCUT2D eigenvalue weighted by Gasteiger charge is 2.25. The van der Waals surface area contributed by atoms with Crippen LogP contribution in [0.15, 0.2) is 83.6 Å². The number of aliphatic carboxylic acids is 1. The second kappa shape index (κ2) is 10.5. The smallest absolute Gasteiger partial charge is 0.326 e. The summed E-state index contributed by atoms with van der Waals surface area (Å²) >= 11 is 16.0. The quantitative estimate of drug-likeness (QED) is 0.222. The molecule has 2 aromatic heterocycles. The van der Waals surface area contributed by atoms with E-state index in [2.05, 4.69) is 31.2 Å². The van der Waals surface area contributed by atoms with Gasteiger partial charge in [-0.1, -0.05) is 71.7 Å². The SMILES string of the molecule is O=C(NC(Cc1ccc(-c2ncc3ccccc3c2Br)c2cccnc12)C(=O)O)c1c(Cl)cccc1Cl. The molecule has 1 unspecified atom stereocenters. The maximum absolute atomic E-state index is 12.9. The number of carbonyl (C=O) groups is 2. The molecule has 0 aliphatic heterocycles. The van der Waals surface area contributed by atoms with Gasteiger partial charge in [0, 0.05) is 35.2 Å². The molecule has 0 saturated heterocycles. The van der Waals surface area contributed by atoms with Gasteiger partial charge in [0.1, 0.15) is 6.04 Å². The molecule has 0 saturated carbocycles. The number of nitrogens with one attached hydrogen (secondary N) is 1. The minimum atomic E-state index is -1.23. The molecular formula is C28H18BrCl2N3O3. The van der Waals surface area contributed by atoms with Gasteiger partial charge in [-0.25, -0.2) is 4.79 Å². The molecule has 1 atom stereocenters. The molecule has 3 aromatic carbocycles. The number of benzene rings is 3. The Morgan fingerprint density at radius 3 is 2.41 bits per heavy atom. The molecule has 6 nitrogen and oxygen atoms in total. The van der Waals surface area contributed by atoms with E-state index >= 15 is 0 Å². The van der Waals surface area contributed by atoms with E-state index in [1.54, 1.807) is 12.3 Å². The highest BCUT2D eigenvalue weighted by atomic mass is 79.9. The van der Waals surface area contributed by atoms with Crippen molar-refractivity contribution in [2.24, 2.45) is 0 Å². The van der Waals surface area contributed by atoms with Gasteiger partial charge in [0.25, 0.3) is 5.91 Å². The Morgan fingerprint density at radius 2 is 1.65 bits per heavy atom. The molecule has 0 aliphatic rings. The average molecular weight is 595 g/mol. The van der Waals surface area contributed by atoms with Crippen molar-refractivity contribution in [2.75, 3.05) is 0 Å². The predicted octanol–water partition coefficient (Wildman–Crippen LogP) is 6.95. The summed E-state index contributed by atoms with van der Waals surface area (Å²) in [7, 11) is 0. The highest BCUT2D eigenvalue weighted by Crippen LogP contribution is 2.37. The van der Waals surface area contributed by atoms with Gasteiger partial charge in [-0.3, -0.25) is 14.8 Å². The monoisotopic (exact) mass is 593 g/mol. The first-order chi connectivity index (χ1) is 17.8. The Labute approximate surface area is 230 Å². The third-order valence-electron chi connectivity index (χ3n) is 6.06. The van der Waals surface area contributed by atoms with Crippen LogP contribution < -0.4 is 5.32 Å². The van der Waals surface area contributed by atoms with Crippen LogP contribution in [0.2, 0.25) is 10.0 Å². The zero-order valence-electron chi connectivity index (χ0n) is 19.1. The molecular weight excluding hydrogens is 577 g/mol. The molecule has 184 valence electrons. The lowest BCUT2D eigenvalue weighted by molar-refractivity contribution is -0.139. The molecule has 2 N–H and O–H groups in total. The van der Waals surface area contributed by atoms with Crippen LogP contribution in [0.1, 0.15) is 15.9 Å². The maximum Gasteiger partial charge on any atom is 0.326 e. The lowest BCUT2D eigenvalue weighted by Gasteiger charge is -2.18. The minimum absolute atomic E-state index is 0.00323. The van der Waals surface area contributed by atoms with Gasteiger partial charge in [-0.05, 0) is 45.1 Å². The van der Waals surface area contributed by atoms with Crippen LogP contribution in [0.3, 0.4) is 0 Å². The summed E-state index contributed by atoms with van der Waals surface area (Å²) in [6, 6.07) is 18.8. The first-order valence-corrected chi connectivity index (χ1v) is 12.8. The number of carboxylic acid groups (broad SMARTS) is 1. The number of hydrogen-bond acceptors (Lipinski definition) is 4. The lowest BCUT2D eigenvalue weighted by Crippen LogP contribution is -2.42. The molecule has 0 spiro atoms. The molecule has 5 aromatic rings. The molecule has 9 heteroatoms. The predicted molar refractivity (Wildman–Crippen MR) is 149 cm³/mol. The van der Waals surface area contributed by atoms with Crippen molar-refractivity contribution in [2.45, 2.75) is 12.5 Å². The fourth-order valence-electron chi connectivity index (χ4n) is 4.28. The van der Waals surface area contributed by atoms with Crippen LogP contribution in [-0.2, 0) is 11.2 Å². The van der Waals surface area contributed by atoms with Crippen molar-refractivity contribution >= 4 is 72.7 Å². The third kappa shape index (κ3) is 4.90. The van der Waals surface area contributed by atoms with E-state index in [0.717, 1.165) is 31.9 Å². The van der Waals surface area contributed by atoms with E-state index in [9.17, 15) is 14.7 Å². The Bertz CT molecular complexity index is 1670. The first kappa shape index (κ1) is 25.1. The van der Waals surface area contributed by atoms with Gasteiger partial charge in [0.15, 0.2) is 0 Å². The second-order valence-electron chi connectivity index (χ2n) is 8.34. The number of fused-ring (bicyclic) bond motifs is 2. The van der Waals surface area contributed by atoms with Gasteiger partial charge in [0.2, 0.25) is 0 Å². The topological polar surface area (TPSA) is 92.2 Å². The van der Waals surface area contributed by atoms with E-state index in [4.69, 9.17) is 23.2 Å². The fraction of sp³-hybridized carbons (Fsp3) is 0.0714. The average Bonchev–Trinajstić information content (AvgIpc) is 2.89. The fourth-order valence-corrected chi connectivity index (χ4v) is 5.53. The highest BCUT2D eigenvalue weighted by molar-refractivity contribution is 9.10. The molecule has 2 heterocycles. The molecule has 0 fully saturated rings. The van der Waals surface area contributed by atoms with Crippen molar-refractivity contribution < 1.29 is 14.7 Å². The lowest BCUT2D eigenvalue weighted by atomic mass is 9.96. The van der Waals surface area contributed by atoms with Crippen molar-refractivity contribution in [3.63, 3.8) is 0 Å². The summed E-state index contributed by atoms with van der Waals surface area (Å²) < 4.78 is 0.857. The first-order valence-electron chi connectivity index (χ1n) is 11.2. The van der Waals surface area contributed by atoms with Gasteiger partial charge < -0.3 is 10.4 Å². The van der Waals surface area contributed by atoms with Crippen molar-refractivity contribution in [1.29, 1.82) is 0 Å². The number of aromatic nitrogens is 2. The minimum Gasteiger partial charge on any atom is -0.480 e. The van der Waals surface area contributed by atoms with Gasteiger partial charge in [-0.15, -0.1) is 0 Å². The number of amides is 1. The number of carboxylic acids is 1. The van der Waals surface area contributed by atoms with Crippen LogP contribution in [0.25, 0.3) is 32.9 Å². The molecule has 5 rings (SSSR count). The van der Waals surface area contributed by atoms with Gasteiger partial charge >= 0.3 is 5.97 Å². The van der Waals surface area contributed by atoms with Crippen molar-refractivity contribution in [3.8, 4) is 11.3 Å². The van der Waals surface area contributed by atoms with Crippen LogP contribution >= 0.6 is 39.1 Å². The van der Waals surface area contributed by atoms with Gasteiger partial charge in [-0.2, -0.15) is 0 Å². The Hall–Kier alpha value is -3.52. The van der Waals surface area contributed by atoms with E-state index in [0.29, 0.717) is 11.1 Å². The summed E-state index contributed by atoms with van der Waals surface area (Å²) in [5, 5.41) is 15.6. The summed E-state index contributed by atoms with van der Waals surface area (Å²) in [5.74, 6) is -1.86. The normalized spacial score (nSPS) is 12.0. The summed E-state index contributed by atoms with van der Waals surface area (Å²) in [6.45, 7) is 0. The molecule has 1 amide bonds. The zero-order chi connectivity index (χ0) is 26.1. The maximum atomic E-state index is 12.9. The van der Waals surface area contributed by atoms with Gasteiger partial charge in [0.05, 0.1) is 31.3 Å². The number of carbonyl (C=O) groups excluding carboxylic acids is 1. The van der Waals surface area contributed by atoms with E-state index in [1.165, 1.54) is 12.1 Å². The summed E-state index contributed by atoms with van der Waals surface area (Å²) in [6.07, 6.45) is 3.47. The number of halogens is 3. The van der Waals surface area contributed by atoms with Crippen LogP contribution in [0.4, 0.5) is 0 Å². The van der Waals surface area contributed by atoms with E-state index in [-0.39, 0.29) is 22.0 Å². The summed E-state index contributed by atoms with van der Waals surface area (Å²) in [4.78, 5) is 34.2.